The van der Waals surface area contributed by atoms with Crippen LogP contribution in [0.3, 0.4) is 0 Å². The normalized spacial score (nSPS) is 16.7. The minimum atomic E-state index is 0.132. The van der Waals surface area contributed by atoms with Gasteiger partial charge < -0.3 is 25.7 Å². The van der Waals surface area contributed by atoms with Crippen molar-refractivity contribution in [2.24, 2.45) is 5.73 Å². The van der Waals surface area contributed by atoms with Crippen LogP contribution in [0.4, 0.5) is 11.5 Å². The number of anilines is 2. The van der Waals surface area contributed by atoms with Crippen molar-refractivity contribution in [3.8, 4) is 11.8 Å². The Bertz CT molecular complexity index is 1190. The predicted octanol–water partition coefficient (Wildman–Crippen LogP) is 2.58. The average molecular weight is 390 g/mol. The molecule has 148 valence electrons. The molecule has 0 radical (unpaired) electrons. The molecule has 3 aromatic heterocycles. The molecule has 0 unspecified atom stereocenters. The van der Waals surface area contributed by atoms with Crippen LogP contribution in [-0.2, 0) is 0 Å². The van der Waals surface area contributed by atoms with Crippen LogP contribution in [0.15, 0.2) is 30.6 Å². The number of hydrogen-bond acceptors (Lipinski definition) is 8. The fourth-order valence-electron chi connectivity index (χ4n) is 3.78. The molecule has 1 aromatic carbocycles. The van der Waals surface area contributed by atoms with Crippen molar-refractivity contribution in [2.75, 3.05) is 30.4 Å². The Kier molecular flexibility index (Phi) is 4.17. The highest BCUT2D eigenvalue weighted by Gasteiger charge is 2.25. The Balaban J connectivity index is 1.69. The van der Waals surface area contributed by atoms with Crippen LogP contribution in [-0.4, -0.2) is 51.1 Å². The van der Waals surface area contributed by atoms with Gasteiger partial charge in [0.25, 0.3) is 0 Å². The molecule has 9 heteroatoms. The molecule has 0 spiro atoms. The zero-order valence-corrected chi connectivity index (χ0v) is 16.3. The molecule has 4 N–H and O–H groups in total. The first-order chi connectivity index (χ1) is 14.1. The molecule has 1 aliphatic rings. The number of nitrogens with one attached hydrogen (secondary N) is 2. The van der Waals surface area contributed by atoms with Crippen molar-refractivity contribution in [3.63, 3.8) is 0 Å². The minimum Gasteiger partial charge on any atom is -0.421 e. The predicted molar refractivity (Wildman–Crippen MR) is 113 cm³/mol. The van der Waals surface area contributed by atoms with Gasteiger partial charge in [0.2, 0.25) is 0 Å². The van der Waals surface area contributed by atoms with Crippen molar-refractivity contribution >= 4 is 33.4 Å². The van der Waals surface area contributed by atoms with E-state index in [0.717, 1.165) is 53.0 Å². The quantitative estimate of drug-likeness (QED) is 0.487. The molecule has 0 bridgehead atoms. The van der Waals surface area contributed by atoms with Gasteiger partial charge in [0.1, 0.15) is 17.3 Å². The van der Waals surface area contributed by atoms with E-state index in [1.807, 2.05) is 26.1 Å². The highest BCUT2D eigenvalue weighted by Crippen LogP contribution is 2.37. The molecule has 0 saturated carbocycles. The van der Waals surface area contributed by atoms with Crippen molar-refractivity contribution < 1.29 is 4.74 Å². The average Bonchev–Trinajstić information content (AvgIpc) is 3.32. The number of aryl methyl sites for hydroxylation is 1. The van der Waals surface area contributed by atoms with Crippen molar-refractivity contribution in [3.05, 3.63) is 36.4 Å². The van der Waals surface area contributed by atoms with Crippen LogP contribution in [0, 0.1) is 6.92 Å². The summed E-state index contributed by atoms with van der Waals surface area (Å²) < 4.78 is 5.88. The summed E-state index contributed by atoms with van der Waals surface area (Å²) in [6.45, 7) is 3.42. The number of para-hydroxylation sites is 1. The van der Waals surface area contributed by atoms with Gasteiger partial charge in [0.05, 0.1) is 29.0 Å². The van der Waals surface area contributed by atoms with Crippen LogP contribution in [0.1, 0.15) is 12.2 Å². The first-order valence-corrected chi connectivity index (χ1v) is 9.59. The van der Waals surface area contributed by atoms with Gasteiger partial charge in [0.15, 0.2) is 5.75 Å². The van der Waals surface area contributed by atoms with E-state index in [1.165, 1.54) is 0 Å². The summed E-state index contributed by atoms with van der Waals surface area (Å²) in [5.74, 6) is 1.99. The number of rotatable bonds is 4. The summed E-state index contributed by atoms with van der Waals surface area (Å²) >= 11 is 0. The van der Waals surface area contributed by atoms with E-state index in [1.54, 1.807) is 12.4 Å². The number of fused-ring (bicyclic) bond motifs is 3. The SMILES string of the molecule is CNc1cccc2c1[nH]c1nc(Oc3cnc(C)nc3)nc(N3CC[C@@H](N)C3)c12. The van der Waals surface area contributed by atoms with E-state index in [2.05, 4.69) is 36.2 Å². The Labute approximate surface area is 167 Å². The molecular formula is C20H22N8O. The van der Waals surface area contributed by atoms with E-state index in [9.17, 15) is 0 Å². The maximum Gasteiger partial charge on any atom is 0.326 e. The molecule has 1 atom stereocenters. The molecule has 1 fully saturated rings. The molecule has 9 nitrogen and oxygen atoms in total. The first kappa shape index (κ1) is 17.6. The van der Waals surface area contributed by atoms with Gasteiger partial charge >= 0.3 is 6.01 Å². The van der Waals surface area contributed by atoms with E-state index in [-0.39, 0.29) is 12.1 Å². The lowest BCUT2D eigenvalue weighted by molar-refractivity contribution is 0.439. The number of hydrogen-bond donors (Lipinski definition) is 3. The molecule has 4 heterocycles. The zero-order chi connectivity index (χ0) is 20.0. The number of nitrogens with zero attached hydrogens (tertiary/aromatic N) is 5. The third-order valence-electron chi connectivity index (χ3n) is 5.21. The number of nitrogens with two attached hydrogens (primary N) is 1. The van der Waals surface area contributed by atoms with Gasteiger partial charge in [-0.2, -0.15) is 9.97 Å². The van der Waals surface area contributed by atoms with Crippen molar-refractivity contribution in [1.29, 1.82) is 0 Å². The number of aromatic amines is 1. The summed E-state index contributed by atoms with van der Waals surface area (Å²) in [6, 6.07) is 6.50. The summed E-state index contributed by atoms with van der Waals surface area (Å²) in [7, 11) is 1.90. The van der Waals surface area contributed by atoms with E-state index in [0.29, 0.717) is 11.6 Å². The second kappa shape index (κ2) is 6.85. The molecule has 29 heavy (non-hydrogen) atoms. The van der Waals surface area contributed by atoms with Crippen LogP contribution in [0.5, 0.6) is 11.8 Å². The Morgan fingerprint density at radius 3 is 2.79 bits per heavy atom. The van der Waals surface area contributed by atoms with Crippen LogP contribution in [0.25, 0.3) is 21.9 Å². The lowest BCUT2D eigenvalue weighted by Gasteiger charge is -2.18. The lowest BCUT2D eigenvalue weighted by Crippen LogP contribution is -2.27. The Hall–Kier alpha value is -3.46. The summed E-state index contributed by atoms with van der Waals surface area (Å²) in [5, 5.41) is 5.26. The molecule has 1 saturated heterocycles. The molecule has 0 amide bonds. The molecule has 4 aromatic rings. The third-order valence-corrected chi connectivity index (χ3v) is 5.21. The Morgan fingerprint density at radius 2 is 2.07 bits per heavy atom. The fraction of sp³-hybridized carbons (Fsp3) is 0.300. The zero-order valence-electron chi connectivity index (χ0n) is 16.3. The smallest absolute Gasteiger partial charge is 0.326 e. The third kappa shape index (κ3) is 3.09. The van der Waals surface area contributed by atoms with Gasteiger partial charge in [-0.3, -0.25) is 0 Å². The van der Waals surface area contributed by atoms with Crippen LogP contribution >= 0.6 is 0 Å². The molecule has 0 aliphatic carbocycles. The molecule has 1 aliphatic heterocycles. The Morgan fingerprint density at radius 1 is 1.24 bits per heavy atom. The number of H-pyrrole nitrogens is 1. The monoisotopic (exact) mass is 390 g/mol. The topological polar surface area (TPSA) is 118 Å². The van der Waals surface area contributed by atoms with Crippen LogP contribution < -0.4 is 20.7 Å². The minimum absolute atomic E-state index is 0.132. The van der Waals surface area contributed by atoms with Gasteiger partial charge in [-0.05, 0) is 19.4 Å². The summed E-state index contributed by atoms with van der Waals surface area (Å²) in [6.07, 6.45) is 4.16. The van der Waals surface area contributed by atoms with Gasteiger partial charge in [-0.1, -0.05) is 12.1 Å². The highest BCUT2D eigenvalue weighted by atomic mass is 16.5. The maximum absolute atomic E-state index is 6.17. The van der Waals surface area contributed by atoms with Crippen LogP contribution in [0.2, 0.25) is 0 Å². The largest absolute Gasteiger partial charge is 0.421 e. The van der Waals surface area contributed by atoms with Gasteiger partial charge in [-0.15, -0.1) is 0 Å². The fourth-order valence-corrected chi connectivity index (χ4v) is 3.78. The van der Waals surface area contributed by atoms with Crippen molar-refractivity contribution in [1.82, 2.24) is 24.9 Å². The highest BCUT2D eigenvalue weighted by molar-refractivity contribution is 6.14. The van der Waals surface area contributed by atoms with Gasteiger partial charge in [-0.25, -0.2) is 9.97 Å². The van der Waals surface area contributed by atoms with E-state index >= 15 is 0 Å². The second-order valence-corrected chi connectivity index (χ2v) is 7.22. The van der Waals surface area contributed by atoms with E-state index in [4.69, 9.17) is 15.5 Å². The molecule has 5 rings (SSSR count). The lowest BCUT2D eigenvalue weighted by atomic mass is 10.1. The van der Waals surface area contributed by atoms with Gasteiger partial charge in [0, 0.05) is 31.6 Å². The molecular weight excluding hydrogens is 368 g/mol. The summed E-state index contributed by atoms with van der Waals surface area (Å²) in [5.41, 5.74) is 8.87. The van der Waals surface area contributed by atoms with Crippen molar-refractivity contribution in [2.45, 2.75) is 19.4 Å². The standard InChI is InChI=1S/C20H22N8O/c1-11-23-8-13(9-24-11)29-20-26-18-16(19(27-20)28-7-6-12(21)10-28)14-4-3-5-15(22-2)17(14)25-18/h3-5,8-9,12,22H,6-7,10,21H2,1-2H3,(H,25,26,27)/t12-/m1/s1. The number of ether oxygens (including phenoxy) is 1. The number of aromatic nitrogens is 5. The number of benzene rings is 1. The second-order valence-electron chi connectivity index (χ2n) is 7.22. The summed E-state index contributed by atoms with van der Waals surface area (Å²) in [4.78, 5) is 23.3. The first-order valence-electron chi connectivity index (χ1n) is 9.59. The van der Waals surface area contributed by atoms with E-state index < -0.39 is 0 Å². The maximum atomic E-state index is 6.17.